The van der Waals surface area contributed by atoms with E-state index in [2.05, 4.69) is 35.5 Å². The van der Waals surface area contributed by atoms with E-state index >= 15 is 0 Å². The van der Waals surface area contributed by atoms with Crippen molar-refractivity contribution in [3.63, 3.8) is 0 Å². The highest BCUT2D eigenvalue weighted by Crippen LogP contribution is 2.32. The van der Waals surface area contributed by atoms with Crippen LogP contribution in [0.2, 0.25) is 0 Å². The molecule has 0 atom stereocenters. The highest BCUT2D eigenvalue weighted by molar-refractivity contribution is 5.97. The third-order valence-electron chi connectivity index (χ3n) is 6.73. The van der Waals surface area contributed by atoms with Gasteiger partial charge in [0.25, 0.3) is 0 Å². The molecule has 0 saturated heterocycles. The van der Waals surface area contributed by atoms with Gasteiger partial charge in [-0.15, -0.1) is 0 Å². The number of rotatable bonds is 6. The lowest BCUT2D eigenvalue weighted by atomic mass is 10.1. The molecule has 9 nitrogen and oxygen atoms in total. The fraction of sp³-hybridized carbons (Fsp3) is 0.0323. The van der Waals surface area contributed by atoms with Gasteiger partial charge in [-0.1, -0.05) is 42.5 Å². The van der Waals surface area contributed by atoms with Gasteiger partial charge in [0.05, 0.1) is 52.9 Å². The van der Waals surface area contributed by atoms with E-state index in [1.807, 2.05) is 48.5 Å². The molecular weight excluding hydrogens is 519 g/mol. The Kier molecular flexibility index (Phi) is 5.97. The summed E-state index contributed by atoms with van der Waals surface area (Å²) in [6, 6.07) is 19.6. The van der Waals surface area contributed by atoms with Crippen molar-refractivity contribution in [2.45, 2.75) is 6.42 Å². The molecule has 10 heteroatoms. The predicted octanol–water partition coefficient (Wildman–Crippen LogP) is 5.95. The third kappa shape index (κ3) is 4.78. The number of nitrogens with zero attached hydrogens (tertiary/aromatic N) is 5. The number of imidazole rings is 1. The van der Waals surface area contributed by atoms with Gasteiger partial charge in [0.2, 0.25) is 5.91 Å². The van der Waals surface area contributed by atoms with Crippen LogP contribution >= 0.6 is 0 Å². The largest absolute Gasteiger partial charge is 0.335 e. The number of aromatic amines is 2. The average Bonchev–Trinajstić information content (AvgIpc) is 3.61. The van der Waals surface area contributed by atoms with Crippen molar-refractivity contribution < 1.29 is 9.18 Å². The minimum atomic E-state index is -0.331. The maximum Gasteiger partial charge on any atom is 0.228 e. The summed E-state index contributed by atoms with van der Waals surface area (Å²) in [5.74, 6) is 0.0738. The number of hydrogen-bond acceptors (Lipinski definition) is 6. The van der Waals surface area contributed by atoms with E-state index in [1.165, 1.54) is 12.1 Å². The van der Waals surface area contributed by atoms with E-state index in [4.69, 9.17) is 4.98 Å². The first-order valence-electron chi connectivity index (χ1n) is 12.8. The maximum atomic E-state index is 13.9. The first-order chi connectivity index (χ1) is 20.1. The van der Waals surface area contributed by atoms with Crippen LogP contribution in [0, 0.1) is 5.82 Å². The molecule has 7 aromatic rings. The molecule has 198 valence electrons. The number of nitrogens with one attached hydrogen (secondary N) is 3. The number of H-pyrrole nitrogens is 2. The predicted molar refractivity (Wildman–Crippen MR) is 154 cm³/mol. The second-order valence-corrected chi connectivity index (χ2v) is 9.54. The molecule has 0 saturated carbocycles. The Hall–Kier alpha value is -5.77. The van der Waals surface area contributed by atoms with Gasteiger partial charge in [0.15, 0.2) is 5.82 Å². The lowest BCUT2D eigenvalue weighted by Gasteiger charge is -2.07. The van der Waals surface area contributed by atoms with Gasteiger partial charge in [-0.2, -0.15) is 5.10 Å². The van der Waals surface area contributed by atoms with Gasteiger partial charge in [0.1, 0.15) is 11.5 Å². The number of aromatic nitrogens is 7. The molecule has 41 heavy (non-hydrogen) atoms. The summed E-state index contributed by atoms with van der Waals surface area (Å²) < 4.78 is 13.9. The fourth-order valence-corrected chi connectivity index (χ4v) is 4.80. The molecule has 0 aliphatic rings. The minimum absolute atomic E-state index is 0.132. The fourth-order valence-electron chi connectivity index (χ4n) is 4.80. The molecule has 5 heterocycles. The van der Waals surface area contributed by atoms with Crippen LogP contribution in [-0.4, -0.2) is 41.0 Å². The molecule has 0 radical (unpaired) electrons. The second-order valence-electron chi connectivity index (χ2n) is 9.54. The zero-order valence-corrected chi connectivity index (χ0v) is 21.5. The highest BCUT2D eigenvalue weighted by atomic mass is 19.1. The Bertz CT molecular complexity index is 2050. The first-order valence-corrected chi connectivity index (χ1v) is 12.8. The van der Waals surface area contributed by atoms with Gasteiger partial charge in [0, 0.05) is 28.9 Å². The van der Waals surface area contributed by atoms with Crippen molar-refractivity contribution in [2.24, 2.45) is 0 Å². The quantitative estimate of drug-likeness (QED) is 0.240. The van der Waals surface area contributed by atoms with Gasteiger partial charge >= 0.3 is 0 Å². The summed E-state index contributed by atoms with van der Waals surface area (Å²) in [4.78, 5) is 33.9. The van der Waals surface area contributed by atoms with Crippen LogP contribution in [0.5, 0.6) is 0 Å². The number of halogens is 1. The molecule has 0 aliphatic carbocycles. The SMILES string of the molecule is O=C(Cc1ccccc1)Nc1cncc(-c2cc3c(-c4nc5c(-c6cccc(F)c6)cncc5[nH]4)n[nH]c3cn2)c1. The lowest BCUT2D eigenvalue weighted by Crippen LogP contribution is -2.14. The first kappa shape index (κ1) is 24.3. The number of fused-ring (bicyclic) bond motifs is 2. The van der Waals surface area contributed by atoms with E-state index in [0.29, 0.717) is 45.1 Å². The van der Waals surface area contributed by atoms with Crippen molar-refractivity contribution in [3.8, 4) is 33.9 Å². The van der Waals surface area contributed by atoms with Gasteiger partial charge < -0.3 is 10.3 Å². The van der Waals surface area contributed by atoms with Crippen LogP contribution in [0.15, 0.2) is 97.7 Å². The summed E-state index contributed by atoms with van der Waals surface area (Å²) >= 11 is 0. The van der Waals surface area contributed by atoms with Gasteiger partial charge in [-0.05, 0) is 35.4 Å². The highest BCUT2D eigenvalue weighted by Gasteiger charge is 2.17. The maximum absolute atomic E-state index is 13.9. The monoisotopic (exact) mass is 540 g/mol. The Morgan fingerprint density at radius 3 is 2.61 bits per heavy atom. The van der Waals surface area contributed by atoms with Crippen molar-refractivity contribution >= 4 is 33.5 Å². The molecule has 0 spiro atoms. The number of hydrogen-bond donors (Lipinski definition) is 3. The Balaban J connectivity index is 1.21. The van der Waals surface area contributed by atoms with Gasteiger partial charge in [-0.25, -0.2) is 9.37 Å². The van der Waals surface area contributed by atoms with Crippen molar-refractivity contribution in [1.82, 2.24) is 35.1 Å². The number of carbonyl (C=O) groups excluding carboxylic acids is 1. The number of benzene rings is 2. The van der Waals surface area contributed by atoms with E-state index in [0.717, 1.165) is 22.0 Å². The van der Waals surface area contributed by atoms with Crippen LogP contribution in [0.4, 0.5) is 10.1 Å². The van der Waals surface area contributed by atoms with Crippen molar-refractivity contribution in [3.05, 3.63) is 109 Å². The van der Waals surface area contributed by atoms with E-state index in [-0.39, 0.29) is 18.1 Å². The van der Waals surface area contributed by atoms with Crippen LogP contribution in [0.1, 0.15) is 5.56 Å². The molecule has 0 bridgehead atoms. The van der Waals surface area contributed by atoms with Crippen LogP contribution in [-0.2, 0) is 11.2 Å². The molecule has 2 aromatic carbocycles. The number of anilines is 1. The van der Waals surface area contributed by atoms with Gasteiger partial charge in [-0.3, -0.25) is 24.8 Å². The smallest absolute Gasteiger partial charge is 0.228 e. The summed E-state index contributed by atoms with van der Waals surface area (Å²) in [6.07, 6.45) is 8.61. The standard InChI is InChI=1S/C31H21FN8O/c32-21-8-4-7-19(10-21)24-15-34-16-27-29(24)38-31(37-27)30-23-12-25(35-17-26(23)39-40-30)20-11-22(14-33-13-20)36-28(41)9-18-5-2-1-3-6-18/h1-8,10-17H,9H2,(H,36,41)(H,37,38)(H,39,40). The molecule has 1 amide bonds. The number of pyridine rings is 3. The topological polar surface area (TPSA) is 125 Å². The zero-order chi connectivity index (χ0) is 27.8. The summed E-state index contributed by atoms with van der Waals surface area (Å²) in [6.45, 7) is 0. The zero-order valence-electron chi connectivity index (χ0n) is 21.5. The molecule has 7 rings (SSSR count). The lowest BCUT2D eigenvalue weighted by molar-refractivity contribution is -0.115. The second kappa shape index (κ2) is 10.1. The van der Waals surface area contributed by atoms with E-state index in [9.17, 15) is 9.18 Å². The Morgan fingerprint density at radius 2 is 1.73 bits per heavy atom. The summed E-state index contributed by atoms with van der Waals surface area (Å²) in [7, 11) is 0. The number of amides is 1. The van der Waals surface area contributed by atoms with Crippen LogP contribution in [0.3, 0.4) is 0 Å². The summed E-state index contributed by atoms with van der Waals surface area (Å²) in [5, 5.41) is 11.2. The Morgan fingerprint density at radius 1 is 0.854 bits per heavy atom. The van der Waals surface area contributed by atoms with E-state index in [1.54, 1.807) is 37.1 Å². The molecule has 3 N–H and O–H groups in total. The Labute approximate surface area is 232 Å². The molecule has 0 fully saturated rings. The number of carbonyl (C=O) groups is 1. The average molecular weight is 541 g/mol. The third-order valence-corrected chi connectivity index (χ3v) is 6.73. The van der Waals surface area contributed by atoms with Crippen LogP contribution in [0.25, 0.3) is 55.8 Å². The summed E-state index contributed by atoms with van der Waals surface area (Å²) in [5.41, 5.74) is 6.99. The molecule has 0 aliphatic heterocycles. The van der Waals surface area contributed by atoms with Crippen LogP contribution < -0.4 is 5.32 Å². The normalized spacial score (nSPS) is 11.2. The van der Waals surface area contributed by atoms with E-state index < -0.39 is 0 Å². The molecule has 5 aromatic heterocycles. The molecule has 0 unspecified atom stereocenters. The minimum Gasteiger partial charge on any atom is -0.335 e. The van der Waals surface area contributed by atoms with Crippen molar-refractivity contribution in [1.29, 1.82) is 0 Å². The van der Waals surface area contributed by atoms with Crippen molar-refractivity contribution in [2.75, 3.05) is 5.32 Å². The molecular formula is C31H21FN8O.